The Morgan fingerprint density at radius 2 is 1.85 bits per heavy atom. The summed E-state index contributed by atoms with van der Waals surface area (Å²) in [6.07, 6.45) is -0.0168. The molecular weight excluding hydrogens is 522 g/mol. The van der Waals surface area contributed by atoms with Crippen molar-refractivity contribution in [3.8, 4) is 5.75 Å². The zero-order chi connectivity index (χ0) is 27.8. The summed E-state index contributed by atoms with van der Waals surface area (Å²) in [5.74, 6) is -1.03. The molecule has 39 heavy (non-hydrogen) atoms. The molecule has 0 aliphatic rings. The lowest BCUT2D eigenvalue weighted by molar-refractivity contribution is -0.120. The van der Waals surface area contributed by atoms with Crippen LogP contribution >= 0.6 is 11.8 Å². The zero-order valence-electron chi connectivity index (χ0n) is 21.8. The highest BCUT2D eigenvalue weighted by Crippen LogP contribution is 2.23. The lowest BCUT2D eigenvalue weighted by Crippen LogP contribution is -2.49. The largest absolute Gasteiger partial charge is 0.497 e. The highest BCUT2D eigenvalue weighted by molar-refractivity contribution is 7.99. The molecule has 4 aromatic rings. The van der Waals surface area contributed by atoms with Gasteiger partial charge in [0, 0.05) is 25.2 Å². The Morgan fingerprint density at radius 3 is 2.59 bits per heavy atom. The number of thioether (sulfide) groups is 1. The molecule has 4 rings (SSSR count). The van der Waals surface area contributed by atoms with E-state index in [0.29, 0.717) is 23.0 Å². The van der Waals surface area contributed by atoms with Gasteiger partial charge in [-0.3, -0.25) is 4.79 Å². The van der Waals surface area contributed by atoms with Gasteiger partial charge in [0.2, 0.25) is 5.91 Å². The van der Waals surface area contributed by atoms with E-state index in [4.69, 9.17) is 4.74 Å². The number of nitrogens with zero attached hydrogens (tertiary/aromatic N) is 1. The predicted molar refractivity (Wildman–Crippen MR) is 149 cm³/mol. The first-order chi connectivity index (χ1) is 18.8. The first-order valence-electron chi connectivity index (χ1n) is 12.7. The van der Waals surface area contributed by atoms with Crippen molar-refractivity contribution >= 4 is 28.7 Å². The summed E-state index contributed by atoms with van der Waals surface area (Å²) in [5, 5.41) is 17.6. The normalized spacial score (nSPS) is 12.8. The molecule has 3 aromatic carbocycles. The molecule has 1 amide bonds. The van der Waals surface area contributed by atoms with Crippen LogP contribution in [0.3, 0.4) is 0 Å². The van der Waals surface area contributed by atoms with E-state index in [1.54, 1.807) is 13.2 Å². The van der Waals surface area contributed by atoms with Crippen molar-refractivity contribution in [1.29, 1.82) is 0 Å². The summed E-state index contributed by atoms with van der Waals surface area (Å²) in [5.41, 5.74) is 4.17. The summed E-state index contributed by atoms with van der Waals surface area (Å²) in [7, 11) is 1.58. The number of H-pyrrole nitrogens is 1. The van der Waals surface area contributed by atoms with Gasteiger partial charge >= 0.3 is 0 Å². The number of hydrogen-bond donors (Lipinski definition) is 4. The number of carbonyl (C=O) groups excluding carboxylic acids is 1. The summed E-state index contributed by atoms with van der Waals surface area (Å²) >= 11 is 1.21. The minimum Gasteiger partial charge on any atom is -0.497 e. The zero-order valence-corrected chi connectivity index (χ0v) is 22.7. The maximum absolute atomic E-state index is 13.8. The van der Waals surface area contributed by atoms with Gasteiger partial charge in [-0.1, -0.05) is 43.0 Å². The molecule has 7 nitrogen and oxygen atoms in total. The standard InChI is InChI=1S/C29H32F2N4O3S/c1-3-18-5-4-6-19(9-18)15-32-16-27(36)26(12-20-10-21(30)13-22(31)11-20)33-28(37)17-39-29-34-24-8-7-23(38-2)14-25(24)35-29/h4-11,13-14,26-27,32,36H,3,12,15-17H2,1-2H3,(H,33,37)(H,34,35)/t26-,27+/m0/s1. The lowest BCUT2D eigenvalue weighted by Gasteiger charge is -2.25. The number of aliphatic hydroxyl groups excluding tert-OH is 1. The van der Waals surface area contributed by atoms with Crippen molar-refractivity contribution < 1.29 is 23.4 Å². The fourth-order valence-electron chi connectivity index (χ4n) is 4.28. The second-order valence-corrected chi connectivity index (χ2v) is 10.2. The van der Waals surface area contributed by atoms with Crippen LogP contribution in [-0.2, 0) is 24.2 Å². The maximum atomic E-state index is 13.8. The third kappa shape index (κ3) is 8.26. The van der Waals surface area contributed by atoms with Gasteiger partial charge in [0.1, 0.15) is 17.4 Å². The van der Waals surface area contributed by atoms with Crippen LogP contribution < -0.4 is 15.4 Å². The predicted octanol–water partition coefficient (Wildman–Crippen LogP) is 4.38. The number of aromatic nitrogens is 2. The van der Waals surface area contributed by atoms with Crippen LogP contribution in [0.1, 0.15) is 23.6 Å². The highest BCUT2D eigenvalue weighted by Gasteiger charge is 2.23. The molecule has 0 radical (unpaired) electrons. The minimum atomic E-state index is -1.00. The van der Waals surface area contributed by atoms with Gasteiger partial charge in [0.15, 0.2) is 5.16 Å². The summed E-state index contributed by atoms with van der Waals surface area (Å²) in [6, 6.07) is 16.0. The fourth-order valence-corrected chi connectivity index (χ4v) is 4.97. The Labute approximate surface area is 230 Å². The monoisotopic (exact) mass is 554 g/mol. The van der Waals surface area contributed by atoms with Crippen LogP contribution in [0.5, 0.6) is 5.75 Å². The topological polar surface area (TPSA) is 99.3 Å². The average Bonchev–Trinajstić information content (AvgIpc) is 3.33. The third-order valence-electron chi connectivity index (χ3n) is 6.28. The van der Waals surface area contributed by atoms with Crippen LogP contribution in [0.25, 0.3) is 11.0 Å². The second kappa shape index (κ2) is 13.5. The van der Waals surface area contributed by atoms with Crippen molar-refractivity contribution in [3.63, 3.8) is 0 Å². The number of rotatable bonds is 13. The first-order valence-corrected chi connectivity index (χ1v) is 13.7. The molecule has 0 bridgehead atoms. The van der Waals surface area contributed by atoms with E-state index < -0.39 is 23.8 Å². The summed E-state index contributed by atoms with van der Waals surface area (Å²) in [4.78, 5) is 20.5. The molecule has 0 saturated heterocycles. The third-order valence-corrected chi connectivity index (χ3v) is 7.15. The van der Waals surface area contributed by atoms with E-state index in [2.05, 4.69) is 39.7 Å². The summed E-state index contributed by atoms with van der Waals surface area (Å²) in [6.45, 7) is 2.80. The smallest absolute Gasteiger partial charge is 0.230 e. The number of methoxy groups -OCH3 is 1. The number of amides is 1. The number of benzene rings is 3. The molecule has 0 aliphatic carbocycles. The minimum absolute atomic E-state index is 0.0366. The Kier molecular flexibility index (Phi) is 9.91. The Balaban J connectivity index is 1.39. The van der Waals surface area contributed by atoms with Crippen molar-refractivity contribution in [2.45, 2.75) is 43.6 Å². The molecule has 0 fully saturated rings. The fraction of sp³-hybridized carbons (Fsp3) is 0.310. The number of carbonyl (C=O) groups is 1. The first kappa shape index (κ1) is 28.5. The Morgan fingerprint density at radius 1 is 1.08 bits per heavy atom. The number of nitrogens with one attached hydrogen (secondary N) is 3. The molecule has 0 saturated carbocycles. The van der Waals surface area contributed by atoms with Crippen LogP contribution in [0, 0.1) is 11.6 Å². The van der Waals surface area contributed by atoms with Gasteiger partial charge in [-0.25, -0.2) is 13.8 Å². The van der Waals surface area contributed by atoms with E-state index in [0.717, 1.165) is 29.1 Å². The van der Waals surface area contributed by atoms with Gasteiger partial charge < -0.3 is 25.5 Å². The summed E-state index contributed by atoms with van der Waals surface area (Å²) < 4.78 is 32.9. The molecule has 10 heteroatoms. The van der Waals surface area contributed by atoms with Gasteiger partial charge in [-0.15, -0.1) is 0 Å². The van der Waals surface area contributed by atoms with Crippen LogP contribution in [0.15, 0.2) is 65.8 Å². The van der Waals surface area contributed by atoms with E-state index in [1.165, 1.54) is 29.5 Å². The molecule has 0 spiro atoms. The van der Waals surface area contributed by atoms with E-state index in [9.17, 15) is 18.7 Å². The van der Waals surface area contributed by atoms with E-state index in [1.807, 2.05) is 24.3 Å². The number of halogens is 2. The van der Waals surface area contributed by atoms with Gasteiger partial charge in [0.05, 0.1) is 36.0 Å². The number of imidazole rings is 1. The maximum Gasteiger partial charge on any atom is 0.230 e. The van der Waals surface area contributed by atoms with Crippen molar-refractivity contribution in [2.24, 2.45) is 0 Å². The molecule has 206 valence electrons. The van der Waals surface area contributed by atoms with Crippen molar-refractivity contribution in [1.82, 2.24) is 20.6 Å². The lowest BCUT2D eigenvalue weighted by atomic mass is 10.0. The van der Waals surface area contributed by atoms with Crippen LogP contribution in [0.2, 0.25) is 0 Å². The number of hydrogen-bond acceptors (Lipinski definition) is 6. The molecule has 1 aromatic heterocycles. The van der Waals surface area contributed by atoms with Gasteiger partial charge in [-0.05, 0) is 53.8 Å². The van der Waals surface area contributed by atoms with Crippen molar-refractivity contribution in [2.75, 3.05) is 19.4 Å². The number of aliphatic hydroxyl groups is 1. The van der Waals surface area contributed by atoms with Crippen LogP contribution in [-0.4, -0.2) is 52.5 Å². The number of ether oxygens (including phenoxy) is 1. The molecule has 1 heterocycles. The van der Waals surface area contributed by atoms with Gasteiger partial charge in [0.25, 0.3) is 0 Å². The van der Waals surface area contributed by atoms with Gasteiger partial charge in [-0.2, -0.15) is 0 Å². The average molecular weight is 555 g/mol. The quantitative estimate of drug-likeness (QED) is 0.183. The number of aromatic amines is 1. The molecular formula is C29H32F2N4O3S. The second-order valence-electron chi connectivity index (χ2n) is 9.24. The molecule has 4 N–H and O–H groups in total. The molecule has 0 aliphatic heterocycles. The Bertz CT molecular complexity index is 1390. The van der Waals surface area contributed by atoms with E-state index >= 15 is 0 Å². The van der Waals surface area contributed by atoms with Crippen LogP contribution in [0.4, 0.5) is 8.78 Å². The number of fused-ring (bicyclic) bond motifs is 1. The van der Waals surface area contributed by atoms with E-state index in [-0.39, 0.29) is 24.6 Å². The number of aryl methyl sites for hydroxylation is 1. The highest BCUT2D eigenvalue weighted by atomic mass is 32.2. The molecule has 0 unspecified atom stereocenters. The SMILES string of the molecule is CCc1cccc(CNC[C@@H](O)[C@H](Cc2cc(F)cc(F)c2)NC(=O)CSc2nc3ccc(OC)cc3[nH]2)c1. The van der Waals surface area contributed by atoms with Crippen molar-refractivity contribution in [3.05, 3.63) is 89.0 Å². The molecule has 2 atom stereocenters. The Hall–Kier alpha value is -3.47.